The zero-order chi connectivity index (χ0) is 19.2. The number of ether oxygens (including phenoxy) is 1. The Morgan fingerprint density at radius 1 is 1.22 bits per heavy atom. The highest BCUT2D eigenvalue weighted by atomic mass is 32.2. The van der Waals surface area contributed by atoms with Gasteiger partial charge in [0.15, 0.2) is 5.16 Å². The molecule has 1 saturated heterocycles. The van der Waals surface area contributed by atoms with Crippen LogP contribution in [-0.2, 0) is 17.0 Å². The van der Waals surface area contributed by atoms with Gasteiger partial charge in [-0.1, -0.05) is 23.9 Å². The van der Waals surface area contributed by atoms with Crippen molar-refractivity contribution in [2.45, 2.75) is 50.6 Å². The van der Waals surface area contributed by atoms with Crippen molar-refractivity contribution in [2.24, 2.45) is 0 Å². The maximum atomic E-state index is 12.7. The highest BCUT2D eigenvalue weighted by Gasteiger charge is 2.18. The lowest BCUT2D eigenvalue weighted by molar-refractivity contribution is 0.0724. The highest BCUT2D eigenvalue weighted by Crippen LogP contribution is 2.25. The van der Waals surface area contributed by atoms with Gasteiger partial charge in [0.25, 0.3) is 5.91 Å². The van der Waals surface area contributed by atoms with Gasteiger partial charge in [0.1, 0.15) is 0 Å². The number of imidazole rings is 1. The maximum absolute atomic E-state index is 12.7. The monoisotopic (exact) mass is 387 g/mol. The Kier molecular flexibility index (Phi) is 6.96. The largest absolute Gasteiger partial charge is 0.383 e. The van der Waals surface area contributed by atoms with Crippen molar-refractivity contribution in [1.29, 1.82) is 0 Å². The normalized spacial score (nSPS) is 14.6. The first-order valence-corrected chi connectivity index (χ1v) is 10.6. The second kappa shape index (κ2) is 9.42. The van der Waals surface area contributed by atoms with Crippen molar-refractivity contribution < 1.29 is 9.53 Å². The van der Waals surface area contributed by atoms with Gasteiger partial charge in [0.2, 0.25) is 0 Å². The molecule has 0 unspecified atom stereocenters. The predicted molar refractivity (Wildman–Crippen MR) is 109 cm³/mol. The lowest BCUT2D eigenvalue weighted by atomic mass is 10.1. The Morgan fingerprint density at radius 2 is 2.00 bits per heavy atom. The Balaban J connectivity index is 1.68. The molecule has 146 valence electrons. The van der Waals surface area contributed by atoms with E-state index in [9.17, 15) is 4.79 Å². The Hall–Kier alpha value is -1.79. The minimum absolute atomic E-state index is 0.162. The number of methoxy groups -OCH3 is 1. The number of nitrogens with zero attached hydrogens (tertiary/aromatic N) is 3. The number of rotatable bonds is 7. The molecule has 2 aromatic rings. The van der Waals surface area contributed by atoms with Crippen LogP contribution < -0.4 is 0 Å². The Bertz CT molecular complexity index is 782. The fourth-order valence-corrected chi connectivity index (χ4v) is 4.46. The zero-order valence-electron chi connectivity index (χ0n) is 16.5. The molecule has 2 heterocycles. The fourth-order valence-electron chi connectivity index (χ4n) is 3.40. The van der Waals surface area contributed by atoms with Crippen molar-refractivity contribution in [2.75, 3.05) is 26.8 Å². The minimum atomic E-state index is 0.162. The first-order valence-electron chi connectivity index (χ1n) is 9.64. The number of likely N-dealkylation sites (tertiary alicyclic amines) is 1. The molecule has 1 aromatic carbocycles. The Morgan fingerprint density at radius 3 is 2.74 bits per heavy atom. The quantitative estimate of drug-likeness (QED) is 0.672. The number of benzene rings is 1. The van der Waals surface area contributed by atoms with Crippen molar-refractivity contribution in [3.05, 3.63) is 46.8 Å². The van der Waals surface area contributed by atoms with Crippen LogP contribution in [0.2, 0.25) is 0 Å². The number of hydrogen-bond donors (Lipinski definition) is 0. The average molecular weight is 388 g/mol. The van der Waals surface area contributed by atoms with E-state index in [4.69, 9.17) is 9.72 Å². The van der Waals surface area contributed by atoms with Gasteiger partial charge >= 0.3 is 0 Å². The molecule has 27 heavy (non-hydrogen) atoms. The first kappa shape index (κ1) is 20.0. The standard InChI is InChI=1S/C21H29N3O2S/c1-16-17(2)24(12-13-26-3)21(22-16)27-15-18-8-7-9-19(14-18)20(25)23-10-5-4-6-11-23/h7-9,14H,4-6,10-13,15H2,1-3H3. The molecule has 0 N–H and O–H groups in total. The average Bonchev–Trinajstić information content (AvgIpc) is 2.98. The molecule has 1 fully saturated rings. The number of aryl methyl sites for hydroxylation is 1. The predicted octanol–water partition coefficient (Wildman–Crippen LogP) is 4.06. The van der Waals surface area contributed by atoms with E-state index in [1.165, 1.54) is 12.1 Å². The summed E-state index contributed by atoms with van der Waals surface area (Å²) in [5.41, 5.74) is 4.19. The van der Waals surface area contributed by atoms with E-state index < -0.39 is 0 Å². The fraction of sp³-hybridized carbons (Fsp3) is 0.524. The third-order valence-electron chi connectivity index (χ3n) is 5.13. The first-order chi connectivity index (χ1) is 13.1. The minimum Gasteiger partial charge on any atom is -0.383 e. The molecule has 0 bridgehead atoms. The van der Waals surface area contributed by atoms with E-state index in [0.29, 0.717) is 6.61 Å². The smallest absolute Gasteiger partial charge is 0.253 e. The molecule has 0 atom stereocenters. The number of piperidine rings is 1. The van der Waals surface area contributed by atoms with Crippen LogP contribution >= 0.6 is 11.8 Å². The second-order valence-corrected chi connectivity index (χ2v) is 7.99. The second-order valence-electron chi connectivity index (χ2n) is 7.05. The summed E-state index contributed by atoms with van der Waals surface area (Å²) < 4.78 is 7.44. The van der Waals surface area contributed by atoms with Gasteiger partial charge in [-0.25, -0.2) is 4.98 Å². The molecule has 0 radical (unpaired) electrons. The van der Waals surface area contributed by atoms with E-state index >= 15 is 0 Å². The number of amides is 1. The van der Waals surface area contributed by atoms with Gasteiger partial charge in [-0.15, -0.1) is 0 Å². The number of aromatic nitrogens is 2. The van der Waals surface area contributed by atoms with Gasteiger partial charge in [0.05, 0.1) is 12.3 Å². The van der Waals surface area contributed by atoms with E-state index in [2.05, 4.69) is 17.6 Å². The molecule has 3 rings (SSSR count). The van der Waals surface area contributed by atoms with Crippen molar-refractivity contribution in [3.8, 4) is 0 Å². The van der Waals surface area contributed by atoms with E-state index in [1.807, 2.05) is 30.0 Å². The lowest BCUT2D eigenvalue weighted by Gasteiger charge is -2.26. The van der Waals surface area contributed by atoms with Crippen LogP contribution in [0.25, 0.3) is 0 Å². The molecule has 0 aliphatic carbocycles. The van der Waals surface area contributed by atoms with Crippen LogP contribution in [0.4, 0.5) is 0 Å². The molecule has 1 amide bonds. The number of thioether (sulfide) groups is 1. The zero-order valence-corrected chi connectivity index (χ0v) is 17.3. The SMILES string of the molecule is COCCn1c(SCc2cccc(C(=O)N3CCCCC3)c2)nc(C)c1C. The van der Waals surface area contributed by atoms with Gasteiger partial charge in [-0.3, -0.25) is 4.79 Å². The van der Waals surface area contributed by atoms with E-state index in [0.717, 1.165) is 60.2 Å². The molecule has 1 aromatic heterocycles. The van der Waals surface area contributed by atoms with Crippen LogP contribution in [0.1, 0.15) is 46.6 Å². The van der Waals surface area contributed by atoms with Gasteiger partial charge in [-0.05, 0) is 50.8 Å². The van der Waals surface area contributed by atoms with Crippen molar-refractivity contribution in [1.82, 2.24) is 14.5 Å². The molecular formula is C21H29N3O2S. The third kappa shape index (κ3) is 4.93. The van der Waals surface area contributed by atoms with Crippen LogP contribution in [-0.4, -0.2) is 47.2 Å². The molecular weight excluding hydrogens is 358 g/mol. The summed E-state index contributed by atoms with van der Waals surface area (Å²) >= 11 is 1.71. The molecule has 1 aliphatic rings. The molecule has 5 nitrogen and oxygen atoms in total. The van der Waals surface area contributed by atoms with E-state index in [1.54, 1.807) is 18.9 Å². The number of carbonyl (C=O) groups is 1. The van der Waals surface area contributed by atoms with E-state index in [-0.39, 0.29) is 5.91 Å². The Labute approximate surface area is 166 Å². The van der Waals surface area contributed by atoms with Crippen LogP contribution in [0.5, 0.6) is 0 Å². The van der Waals surface area contributed by atoms with Gasteiger partial charge in [0, 0.05) is 43.8 Å². The summed E-state index contributed by atoms with van der Waals surface area (Å²) in [6, 6.07) is 8.04. The molecule has 0 spiro atoms. The summed E-state index contributed by atoms with van der Waals surface area (Å²) in [5.74, 6) is 0.958. The summed E-state index contributed by atoms with van der Waals surface area (Å²) in [6.07, 6.45) is 3.46. The summed E-state index contributed by atoms with van der Waals surface area (Å²) in [7, 11) is 1.72. The topological polar surface area (TPSA) is 47.4 Å². The molecule has 1 aliphatic heterocycles. The highest BCUT2D eigenvalue weighted by molar-refractivity contribution is 7.98. The van der Waals surface area contributed by atoms with Crippen LogP contribution in [0.3, 0.4) is 0 Å². The number of carbonyl (C=O) groups excluding carboxylic acids is 1. The summed E-state index contributed by atoms with van der Waals surface area (Å²) in [6.45, 7) is 7.38. The van der Waals surface area contributed by atoms with Gasteiger partial charge in [-0.2, -0.15) is 0 Å². The van der Waals surface area contributed by atoms with Crippen LogP contribution in [0, 0.1) is 13.8 Å². The summed E-state index contributed by atoms with van der Waals surface area (Å²) in [4.78, 5) is 19.4. The van der Waals surface area contributed by atoms with Gasteiger partial charge < -0.3 is 14.2 Å². The van der Waals surface area contributed by atoms with Crippen molar-refractivity contribution >= 4 is 17.7 Å². The molecule has 6 heteroatoms. The number of hydrogen-bond acceptors (Lipinski definition) is 4. The summed E-state index contributed by atoms with van der Waals surface area (Å²) in [5, 5.41) is 1.01. The van der Waals surface area contributed by atoms with Crippen molar-refractivity contribution in [3.63, 3.8) is 0 Å². The third-order valence-corrected chi connectivity index (χ3v) is 6.17. The molecule has 0 saturated carbocycles. The van der Waals surface area contributed by atoms with Crippen LogP contribution in [0.15, 0.2) is 29.4 Å². The lowest BCUT2D eigenvalue weighted by Crippen LogP contribution is -2.35. The maximum Gasteiger partial charge on any atom is 0.253 e.